The van der Waals surface area contributed by atoms with Crippen molar-refractivity contribution in [3.63, 3.8) is 0 Å². The van der Waals surface area contributed by atoms with Gasteiger partial charge in [0.05, 0.1) is 12.0 Å². The van der Waals surface area contributed by atoms with Crippen molar-refractivity contribution in [2.45, 2.75) is 0 Å². The lowest BCUT2D eigenvalue weighted by atomic mass is 10.0. The van der Waals surface area contributed by atoms with Crippen LogP contribution in [0.1, 0.15) is 0 Å². The maximum atomic E-state index is 14.3. The molecule has 0 bridgehead atoms. The maximum absolute atomic E-state index is 14.3. The number of carbonyl (C=O) groups is 1. The first-order valence-electron chi connectivity index (χ1n) is 8.18. The van der Waals surface area contributed by atoms with Crippen molar-refractivity contribution in [3.8, 4) is 11.3 Å². The lowest BCUT2D eigenvalue weighted by molar-refractivity contribution is 0.215. The predicted octanol–water partition coefficient (Wildman–Crippen LogP) is 3.11. The Labute approximate surface area is 140 Å². The predicted molar refractivity (Wildman–Crippen MR) is 89.2 cm³/mol. The normalized spacial score (nSPS) is 23.5. The first-order chi connectivity index (χ1) is 11.6. The second-order valence-electron chi connectivity index (χ2n) is 6.75. The van der Waals surface area contributed by atoms with E-state index in [1.54, 1.807) is 35.4 Å². The van der Waals surface area contributed by atoms with Crippen LogP contribution in [0.15, 0.2) is 41.0 Å². The van der Waals surface area contributed by atoms with Gasteiger partial charge in [0, 0.05) is 31.7 Å². The molecule has 2 aromatic rings. The van der Waals surface area contributed by atoms with Crippen LogP contribution in [-0.4, -0.2) is 49.1 Å². The zero-order chi connectivity index (χ0) is 16.7. The van der Waals surface area contributed by atoms with Gasteiger partial charge in [0.2, 0.25) is 0 Å². The quantitative estimate of drug-likeness (QED) is 0.921. The minimum absolute atomic E-state index is 0.199. The van der Waals surface area contributed by atoms with E-state index < -0.39 is 5.82 Å². The van der Waals surface area contributed by atoms with E-state index in [9.17, 15) is 9.18 Å². The van der Waals surface area contributed by atoms with Crippen LogP contribution in [0.25, 0.3) is 11.3 Å². The Hall–Kier alpha value is -2.34. The van der Waals surface area contributed by atoms with Crippen LogP contribution in [0.2, 0.25) is 0 Å². The number of hydrogen-bond donors (Lipinski definition) is 1. The summed E-state index contributed by atoms with van der Waals surface area (Å²) in [5.41, 5.74) is 0.846. The third kappa shape index (κ3) is 2.78. The molecule has 1 aromatic carbocycles. The molecule has 0 radical (unpaired) electrons. The van der Waals surface area contributed by atoms with E-state index in [4.69, 9.17) is 4.42 Å². The Bertz CT molecular complexity index is 733. The Balaban J connectivity index is 1.43. The SMILES string of the molecule is CN1C[C@@H]2CN(C(=O)Nc3ccc(-c4ccco4)cc3F)C[C@@H]2C1. The van der Waals surface area contributed by atoms with Crippen LogP contribution in [-0.2, 0) is 0 Å². The number of benzene rings is 1. The van der Waals surface area contributed by atoms with Gasteiger partial charge in [-0.05, 0) is 49.2 Å². The zero-order valence-corrected chi connectivity index (χ0v) is 13.5. The van der Waals surface area contributed by atoms with E-state index in [2.05, 4.69) is 17.3 Å². The molecule has 2 aliphatic rings. The Morgan fingerprint density at radius 2 is 1.96 bits per heavy atom. The summed E-state index contributed by atoms with van der Waals surface area (Å²) in [5, 5.41) is 2.69. The van der Waals surface area contributed by atoms with Gasteiger partial charge in [-0.15, -0.1) is 0 Å². The Morgan fingerprint density at radius 3 is 2.58 bits per heavy atom. The number of urea groups is 1. The molecule has 2 amide bonds. The molecule has 2 fully saturated rings. The second-order valence-corrected chi connectivity index (χ2v) is 6.75. The summed E-state index contributed by atoms with van der Waals surface area (Å²) in [6.45, 7) is 3.54. The van der Waals surface area contributed by atoms with E-state index in [0.29, 0.717) is 23.2 Å². The Kier molecular flexibility index (Phi) is 3.76. The lowest BCUT2D eigenvalue weighted by Crippen LogP contribution is -2.35. The lowest BCUT2D eigenvalue weighted by Gasteiger charge is -2.20. The molecular formula is C18H20FN3O2. The van der Waals surface area contributed by atoms with Gasteiger partial charge < -0.3 is 19.5 Å². The highest BCUT2D eigenvalue weighted by Gasteiger charge is 2.40. The second kappa shape index (κ2) is 5.94. The molecule has 2 atom stereocenters. The van der Waals surface area contributed by atoms with Crippen LogP contribution < -0.4 is 5.32 Å². The molecule has 0 saturated carbocycles. The van der Waals surface area contributed by atoms with Gasteiger partial charge in [0.1, 0.15) is 11.6 Å². The minimum atomic E-state index is -0.462. The van der Waals surface area contributed by atoms with E-state index in [1.165, 1.54) is 6.07 Å². The van der Waals surface area contributed by atoms with E-state index in [1.807, 2.05) is 0 Å². The monoisotopic (exact) mass is 329 g/mol. The minimum Gasteiger partial charge on any atom is -0.464 e. The number of amides is 2. The van der Waals surface area contributed by atoms with Crippen LogP contribution in [0, 0.1) is 17.7 Å². The van der Waals surface area contributed by atoms with Crippen molar-refractivity contribution in [2.75, 3.05) is 38.5 Å². The number of rotatable bonds is 2. The number of fused-ring (bicyclic) bond motifs is 1. The fourth-order valence-electron chi connectivity index (χ4n) is 3.80. The third-order valence-electron chi connectivity index (χ3n) is 4.97. The molecule has 1 aromatic heterocycles. The molecule has 4 rings (SSSR count). The molecule has 5 nitrogen and oxygen atoms in total. The van der Waals surface area contributed by atoms with Crippen molar-refractivity contribution >= 4 is 11.7 Å². The van der Waals surface area contributed by atoms with Gasteiger partial charge in [0.15, 0.2) is 0 Å². The highest BCUT2D eigenvalue weighted by atomic mass is 19.1. The number of likely N-dealkylation sites (tertiary alicyclic amines) is 2. The molecule has 1 N–H and O–H groups in total. The van der Waals surface area contributed by atoms with E-state index >= 15 is 0 Å². The van der Waals surface area contributed by atoms with Crippen molar-refractivity contribution < 1.29 is 13.6 Å². The molecule has 6 heteroatoms. The Morgan fingerprint density at radius 1 is 1.21 bits per heavy atom. The largest absolute Gasteiger partial charge is 0.464 e. The van der Waals surface area contributed by atoms with Crippen molar-refractivity contribution in [3.05, 3.63) is 42.4 Å². The smallest absolute Gasteiger partial charge is 0.321 e. The van der Waals surface area contributed by atoms with Crippen LogP contribution in [0.5, 0.6) is 0 Å². The standard InChI is InChI=1S/C18H20FN3O2/c1-21-8-13-10-22(11-14(13)9-21)18(23)20-16-5-4-12(7-15(16)19)17-3-2-6-24-17/h2-7,13-14H,8-11H2,1H3,(H,20,23)/t13-,14+. The van der Waals surface area contributed by atoms with Crippen LogP contribution in [0.4, 0.5) is 14.9 Å². The summed E-state index contributed by atoms with van der Waals surface area (Å²) in [7, 11) is 2.11. The summed E-state index contributed by atoms with van der Waals surface area (Å²) >= 11 is 0. The van der Waals surface area contributed by atoms with Gasteiger partial charge in [-0.2, -0.15) is 0 Å². The maximum Gasteiger partial charge on any atom is 0.321 e. The number of carbonyl (C=O) groups excluding carboxylic acids is 1. The molecule has 3 heterocycles. The zero-order valence-electron chi connectivity index (χ0n) is 13.5. The molecule has 0 aliphatic carbocycles. The first-order valence-corrected chi connectivity index (χ1v) is 8.18. The third-order valence-corrected chi connectivity index (χ3v) is 4.97. The highest BCUT2D eigenvalue weighted by Crippen LogP contribution is 2.31. The number of anilines is 1. The summed E-state index contributed by atoms with van der Waals surface area (Å²) < 4.78 is 19.6. The van der Waals surface area contributed by atoms with Crippen LogP contribution >= 0.6 is 0 Å². The van der Waals surface area contributed by atoms with Crippen molar-refractivity contribution in [1.29, 1.82) is 0 Å². The molecule has 126 valence electrons. The van der Waals surface area contributed by atoms with Gasteiger partial charge in [-0.1, -0.05) is 0 Å². The van der Waals surface area contributed by atoms with Gasteiger partial charge >= 0.3 is 6.03 Å². The number of nitrogens with one attached hydrogen (secondary N) is 1. The van der Waals surface area contributed by atoms with Crippen molar-refractivity contribution in [1.82, 2.24) is 9.80 Å². The van der Waals surface area contributed by atoms with E-state index in [-0.39, 0.29) is 11.7 Å². The first kappa shape index (κ1) is 15.2. The highest BCUT2D eigenvalue weighted by molar-refractivity contribution is 5.90. The molecule has 0 spiro atoms. The number of furan rings is 1. The molecule has 2 saturated heterocycles. The summed E-state index contributed by atoms with van der Waals surface area (Å²) in [4.78, 5) is 16.5. The number of halogens is 1. The molecule has 2 aliphatic heterocycles. The topological polar surface area (TPSA) is 48.7 Å². The number of hydrogen-bond acceptors (Lipinski definition) is 3. The average Bonchev–Trinajstić information content (AvgIpc) is 3.24. The fraction of sp³-hybridized carbons (Fsp3) is 0.389. The van der Waals surface area contributed by atoms with Gasteiger partial charge in [0.25, 0.3) is 0 Å². The van der Waals surface area contributed by atoms with Crippen molar-refractivity contribution in [2.24, 2.45) is 11.8 Å². The van der Waals surface area contributed by atoms with Gasteiger partial charge in [-0.25, -0.2) is 9.18 Å². The number of nitrogens with zero attached hydrogens (tertiary/aromatic N) is 2. The molecule has 24 heavy (non-hydrogen) atoms. The average molecular weight is 329 g/mol. The van der Waals surface area contributed by atoms with E-state index in [0.717, 1.165) is 26.2 Å². The van der Waals surface area contributed by atoms with Gasteiger partial charge in [-0.3, -0.25) is 0 Å². The molecular weight excluding hydrogens is 309 g/mol. The summed E-state index contributed by atoms with van der Waals surface area (Å²) in [6.07, 6.45) is 1.55. The summed E-state index contributed by atoms with van der Waals surface area (Å²) in [5.74, 6) is 1.21. The fourth-order valence-corrected chi connectivity index (χ4v) is 3.80. The summed E-state index contributed by atoms with van der Waals surface area (Å²) in [6, 6.07) is 8.00. The molecule has 0 unspecified atom stereocenters. The van der Waals surface area contributed by atoms with Crippen LogP contribution in [0.3, 0.4) is 0 Å².